The van der Waals surface area contributed by atoms with Crippen molar-refractivity contribution in [1.29, 1.82) is 0 Å². The molecule has 1 aliphatic heterocycles. The fourth-order valence-electron chi connectivity index (χ4n) is 3.01. The zero-order valence-corrected chi connectivity index (χ0v) is 15.6. The molecule has 0 saturated carbocycles. The van der Waals surface area contributed by atoms with Crippen LogP contribution in [0.2, 0.25) is 5.02 Å². The average Bonchev–Trinajstić information content (AvgIpc) is 3.08. The smallest absolute Gasteiger partial charge is 0.268 e. The maximum absolute atomic E-state index is 11.8. The highest BCUT2D eigenvalue weighted by molar-refractivity contribution is 7.22. The molecule has 130 valence electrons. The van der Waals surface area contributed by atoms with E-state index < -0.39 is 0 Å². The van der Waals surface area contributed by atoms with E-state index in [4.69, 9.17) is 16.6 Å². The number of piperazine rings is 1. The van der Waals surface area contributed by atoms with E-state index in [1.165, 1.54) is 4.68 Å². The molecule has 0 amide bonds. The molecule has 1 aliphatic rings. The van der Waals surface area contributed by atoms with Crippen LogP contribution in [-0.2, 0) is 7.05 Å². The van der Waals surface area contributed by atoms with Crippen molar-refractivity contribution in [2.24, 2.45) is 7.05 Å². The summed E-state index contributed by atoms with van der Waals surface area (Å²) < 4.78 is 2.39. The quantitative estimate of drug-likeness (QED) is 0.689. The largest absolute Gasteiger partial charge is 0.367 e. The van der Waals surface area contributed by atoms with E-state index in [0.717, 1.165) is 57.8 Å². The third kappa shape index (κ3) is 2.98. The summed E-state index contributed by atoms with van der Waals surface area (Å²) in [6.07, 6.45) is 1.75. The van der Waals surface area contributed by atoms with Gasteiger partial charge in [-0.15, -0.1) is 0 Å². The van der Waals surface area contributed by atoms with E-state index in [1.54, 1.807) is 30.6 Å². The van der Waals surface area contributed by atoms with Crippen LogP contribution in [0.3, 0.4) is 0 Å². The average molecular weight is 376 g/mol. The second kappa shape index (κ2) is 6.31. The van der Waals surface area contributed by atoms with Gasteiger partial charge in [0.1, 0.15) is 0 Å². The van der Waals surface area contributed by atoms with Gasteiger partial charge < -0.3 is 9.80 Å². The number of hydrogen-bond donors (Lipinski definition) is 0. The van der Waals surface area contributed by atoms with Gasteiger partial charge in [0.05, 0.1) is 27.1 Å². The predicted octanol–water partition coefficient (Wildman–Crippen LogP) is 2.68. The van der Waals surface area contributed by atoms with E-state index in [2.05, 4.69) is 21.8 Å². The highest BCUT2D eigenvalue weighted by Gasteiger charge is 2.21. The Bertz CT molecular complexity index is 951. The minimum atomic E-state index is -0.0868. The lowest BCUT2D eigenvalue weighted by atomic mass is 10.2. The van der Waals surface area contributed by atoms with E-state index >= 15 is 0 Å². The van der Waals surface area contributed by atoms with Crippen molar-refractivity contribution in [1.82, 2.24) is 14.8 Å². The number of rotatable bonds is 2. The van der Waals surface area contributed by atoms with Gasteiger partial charge in [-0.05, 0) is 18.6 Å². The van der Waals surface area contributed by atoms with Crippen LogP contribution in [-0.4, -0.2) is 40.9 Å². The van der Waals surface area contributed by atoms with Crippen molar-refractivity contribution in [3.05, 3.63) is 45.3 Å². The van der Waals surface area contributed by atoms with Gasteiger partial charge in [0.15, 0.2) is 5.13 Å². The Hall–Kier alpha value is -2.12. The summed E-state index contributed by atoms with van der Waals surface area (Å²) in [5.41, 5.74) is 2.93. The minimum Gasteiger partial charge on any atom is -0.367 e. The number of aryl methyl sites for hydroxylation is 2. The van der Waals surface area contributed by atoms with Crippen LogP contribution in [0.25, 0.3) is 10.2 Å². The first kappa shape index (κ1) is 16.4. The minimum absolute atomic E-state index is 0.0868. The molecule has 8 heteroatoms. The number of benzene rings is 1. The van der Waals surface area contributed by atoms with Crippen LogP contribution in [0.1, 0.15) is 5.56 Å². The maximum Gasteiger partial charge on any atom is 0.268 e. The number of thiazole rings is 1. The summed E-state index contributed by atoms with van der Waals surface area (Å²) in [6.45, 7) is 5.43. The van der Waals surface area contributed by atoms with Gasteiger partial charge in [0.25, 0.3) is 5.56 Å². The fraction of sp³-hybridized carbons (Fsp3) is 0.353. The van der Waals surface area contributed by atoms with Crippen LogP contribution in [0, 0.1) is 6.92 Å². The first-order chi connectivity index (χ1) is 12.0. The highest BCUT2D eigenvalue weighted by Crippen LogP contribution is 2.35. The Morgan fingerprint density at radius 2 is 1.88 bits per heavy atom. The molecule has 1 fully saturated rings. The summed E-state index contributed by atoms with van der Waals surface area (Å²) in [5, 5.41) is 5.87. The monoisotopic (exact) mass is 375 g/mol. The molecule has 3 aromatic rings. The molecule has 1 saturated heterocycles. The number of halogens is 1. The molecule has 0 N–H and O–H groups in total. The van der Waals surface area contributed by atoms with Gasteiger partial charge in [0, 0.05) is 39.3 Å². The van der Waals surface area contributed by atoms with Crippen LogP contribution in [0.4, 0.5) is 10.8 Å². The van der Waals surface area contributed by atoms with Gasteiger partial charge >= 0.3 is 0 Å². The number of aromatic nitrogens is 3. The first-order valence-electron chi connectivity index (χ1n) is 8.12. The zero-order valence-electron chi connectivity index (χ0n) is 14.1. The molecular weight excluding hydrogens is 358 g/mol. The lowest BCUT2D eigenvalue weighted by molar-refractivity contribution is 0.642. The second-order valence-electron chi connectivity index (χ2n) is 6.19. The molecule has 0 unspecified atom stereocenters. The molecule has 3 heterocycles. The topological polar surface area (TPSA) is 54.3 Å². The van der Waals surface area contributed by atoms with Gasteiger partial charge in [0.2, 0.25) is 0 Å². The number of fused-ring (bicyclic) bond motifs is 1. The standard InChI is InChI=1S/C17H18ClN5OS/c1-11-3-4-13(18)16-15(11)20-17(25-16)23-7-5-22(6-8-23)12-9-14(24)21(2)19-10-12/h3-4,9-10H,5-8H2,1-2H3. The molecule has 0 radical (unpaired) electrons. The normalized spacial score (nSPS) is 15.2. The van der Waals surface area contributed by atoms with Crippen LogP contribution in [0.5, 0.6) is 0 Å². The first-order valence-corrected chi connectivity index (χ1v) is 9.31. The summed E-state index contributed by atoms with van der Waals surface area (Å²) in [5.74, 6) is 0. The van der Waals surface area contributed by atoms with Crippen molar-refractivity contribution in [3.8, 4) is 0 Å². The van der Waals surface area contributed by atoms with E-state index in [-0.39, 0.29) is 5.56 Å². The summed E-state index contributed by atoms with van der Waals surface area (Å²) in [4.78, 5) is 21.0. The van der Waals surface area contributed by atoms with Crippen molar-refractivity contribution in [2.45, 2.75) is 6.92 Å². The summed E-state index contributed by atoms with van der Waals surface area (Å²) in [7, 11) is 1.66. The molecule has 0 atom stereocenters. The molecule has 2 aromatic heterocycles. The highest BCUT2D eigenvalue weighted by atomic mass is 35.5. The molecule has 0 spiro atoms. The van der Waals surface area contributed by atoms with Gasteiger partial charge in [-0.1, -0.05) is 29.0 Å². The Balaban J connectivity index is 1.54. The second-order valence-corrected chi connectivity index (χ2v) is 7.57. The molecule has 25 heavy (non-hydrogen) atoms. The SMILES string of the molecule is Cc1ccc(Cl)c2sc(N3CCN(c4cnn(C)c(=O)c4)CC3)nc12. The molecule has 6 nitrogen and oxygen atoms in total. The third-order valence-corrected chi connectivity index (χ3v) is 6.13. The Morgan fingerprint density at radius 1 is 1.16 bits per heavy atom. The Morgan fingerprint density at radius 3 is 2.56 bits per heavy atom. The third-order valence-electron chi connectivity index (χ3n) is 4.55. The lowest BCUT2D eigenvalue weighted by Gasteiger charge is -2.35. The Kier molecular flexibility index (Phi) is 4.13. The molecular formula is C17H18ClN5OS. The van der Waals surface area contributed by atoms with Gasteiger partial charge in [-0.2, -0.15) is 5.10 Å². The van der Waals surface area contributed by atoms with Crippen LogP contribution >= 0.6 is 22.9 Å². The number of anilines is 2. The number of hydrogen-bond acceptors (Lipinski definition) is 6. The zero-order chi connectivity index (χ0) is 17.6. The maximum atomic E-state index is 11.8. The van der Waals surface area contributed by atoms with Crippen LogP contribution in [0.15, 0.2) is 29.2 Å². The van der Waals surface area contributed by atoms with Gasteiger partial charge in [-0.3, -0.25) is 4.79 Å². The van der Waals surface area contributed by atoms with E-state index in [0.29, 0.717) is 0 Å². The van der Waals surface area contributed by atoms with E-state index in [1.807, 2.05) is 12.1 Å². The van der Waals surface area contributed by atoms with Crippen molar-refractivity contribution < 1.29 is 0 Å². The van der Waals surface area contributed by atoms with Crippen molar-refractivity contribution in [3.63, 3.8) is 0 Å². The van der Waals surface area contributed by atoms with E-state index in [9.17, 15) is 4.79 Å². The van der Waals surface area contributed by atoms with Crippen LogP contribution < -0.4 is 15.4 Å². The summed E-state index contributed by atoms with van der Waals surface area (Å²) in [6, 6.07) is 5.58. The van der Waals surface area contributed by atoms with Crippen molar-refractivity contribution in [2.75, 3.05) is 36.0 Å². The predicted molar refractivity (Wildman–Crippen MR) is 103 cm³/mol. The van der Waals surface area contributed by atoms with Crippen molar-refractivity contribution >= 4 is 44.0 Å². The molecule has 1 aromatic carbocycles. The molecule has 4 rings (SSSR count). The lowest BCUT2D eigenvalue weighted by Crippen LogP contribution is -2.47. The van der Waals surface area contributed by atoms with Gasteiger partial charge in [-0.25, -0.2) is 9.67 Å². The fourth-order valence-corrected chi connectivity index (χ4v) is 4.38. The molecule has 0 aliphatic carbocycles. The summed E-state index contributed by atoms with van der Waals surface area (Å²) >= 11 is 7.96. The Labute approximate surface area is 154 Å². The molecule has 0 bridgehead atoms. The number of nitrogens with zero attached hydrogens (tertiary/aromatic N) is 5.